The summed E-state index contributed by atoms with van der Waals surface area (Å²) in [5.74, 6) is -0.555. The molecule has 0 spiro atoms. The van der Waals surface area contributed by atoms with Crippen LogP contribution in [0.1, 0.15) is 21.7 Å². The molecule has 0 unspecified atom stereocenters. The quantitative estimate of drug-likeness (QED) is 0.422. The van der Waals surface area contributed by atoms with Gasteiger partial charge in [0.2, 0.25) is 0 Å². The Labute approximate surface area is 169 Å². The molecule has 0 aliphatic carbocycles. The van der Waals surface area contributed by atoms with E-state index in [2.05, 4.69) is 19.9 Å². The van der Waals surface area contributed by atoms with E-state index in [-0.39, 0.29) is 12.3 Å². The van der Waals surface area contributed by atoms with Crippen LogP contribution in [0.5, 0.6) is 0 Å². The van der Waals surface area contributed by atoms with Crippen molar-refractivity contribution in [2.24, 2.45) is 0 Å². The van der Waals surface area contributed by atoms with Gasteiger partial charge in [0.1, 0.15) is 23.0 Å². The normalized spacial score (nSPS) is 11.2. The Kier molecular flexibility index (Phi) is 4.25. The summed E-state index contributed by atoms with van der Waals surface area (Å²) in [6, 6.07) is 11.7. The molecule has 0 N–H and O–H groups in total. The Morgan fingerprint density at radius 2 is 1.93 bits per heavy atom. The maximum Gasteiger partial charge on any atom is 0.359 e. The molecule has 29 heavy (non-hydrogen) atoms. The van der Waals surface area contributed by atoms with E-state index >= 15 is 0 Å². The highest BCUT2D eigenvalue weighted by atomic mass is 32.1. The van der Waals surface area contributed by atoms with E-state index in [1.165, 1.54) is 17.5 Å². The molecule has 142 valence electrons. The van der Waals surface area contributed by atoms with Crippen LogP contribution in [-0.2, 0) is 11.3 Å². The lowest BCUT2D eigenvalue weighted by molar-refractivity contribution is 0.0462. The maximum absolute atomic E-state index is 12.7. The summed E-state index contributed by atoms with van der Waals surface area (Å²) in [5, 5.41) is 0.634. The van der Waals surface area contributed by atoms with Gasteiger partial charge in [-0.1, -0.05) is 18.2 Å². The first kappa shape index (κ1) is 17.4. The predicted molar refractivity (Wildman–Crippen MR) is 110 cm³/mol. The van der Waals surface area contributed by atoms with E-state index in [1.807, 2.05) is 60.1 Å². The number of para-hydroxylation sites is 1. The summed E-state index contributed by atoms with van der Waals surface area (Å²) in [6.07, 6.45) is 6.84. The molecule has 5 aromatic rings. The van der Waals surface area contributed by atoms with Crippen LogP contribution in [0.15, 0.2) is 61.2 Å². The number of benzene rings is 1. The van der Waals surface area contributed by atoms with Crippen LogP contribution in [0.25, 0.3) is 26.6 Å². The molecule has 0 saturated carbocycles. The number of hydrogen-bond donors (Lipinski definition) is 0. The summed E-state index contributed by atoms with van der Waals surface area (Å²) in [4.78, 5) is 30.3. The van der Waals surface area contributed by atoms with Crippen molar-refractivity contribution >= 4 is 33.2 Å². The summed E-state index contributed by atoms with van der Waals surface area (Å²) < 4.78 is 8.40. The molecule has 8 heteroatoms. The monoisotopic (exact) mass is 401 g/mol. The third kappa shape index (κ3) is 3.34. The molecule has 5 rings (SSSR count). The molecule has 7 nitrogen and oxygen atoms in total. The minimum Gasteiger partial charge on any atom is -0.454 e. The number of hydrogen-bond acceptors (Lipinski definition) is 7. The Hall–Kier alpha value is -3.65. The summed E-state index contributed by atoms with van der Waals surface area (Å²) in [5.41, 5.74) is 4.01. The van der Waals surface area contributed by atoms with Crippen LogP contribution in [0.2, 0.25) is 0 Å². The van der Waals surface area contributed by atoms with Crippen LogP contribution in [0, 0.1) is 6.92 Å². The van der Waals surface area contributed by atoms with Crippen molar-refractivity contribution in [3.63, 3.8) is 0 Å². The molecular formula is C21H15N5O2S. The van der Waals surface area contributed by atoms with Gasteiger partial charge >= 0.3 is 5.97 Å². The van der Waals surface area contributed by atoms with Crippen molar-refractivity contribution in [1.82, 2.24) is 24.3 Å². The lowest BCUT2D eigenvalue weighted by atomic mass is 10.3. The number of carbonyl (C=O) groups is 1. The topological polar surface area (TPSA) is 82.3 Å². The number of nitrogens with zero attached hydrogens (tertiary/aromatic N) is 5. The standard InChI is InChI=1S/C21H15N5O2S/c1-13-6-7-17-24-14(11-26(17)10-13)12-28-21(27)19-18(22-8-9-23-19)20-25-15-4-2-3-5-16(15)29-20/h2-11H,12H2,1H3. The Bertz CT molecular complexity index is 1320. The second-order valence-electron chi connectivity index (χ2n) is 6.52. The highest BCUT2D eigenvalue weighted by Crippen LogP contribution is 2.30. The molecule has 4 aromatic heterocycles. The van der Waals surface area contributed by atoms with Crippen LogP contribution in [0.4, 0.5) is 0 Å². The van der Waals surface area contributed by atoms with E-state index < -0.39 is 5.97 Å². The molecule has 1 aromatic carbocycles. The van der Waals surface area contributed by atoms with Crippen molar-refractivity contribution in [3.8, 4) is 10.7 Å². The van der Waals surface area contributed by atoms with E-state index in [1.54, 1.807) is 6.20 Å². The SMILES string of the molecule is Cc1ccc2nc(COC(=O)c3nccnc3-c3nc4ccccc4s3)cn2c1. The second kappa shape index (κ2) is 7.06. The first-order valence-electron chi connectivity index (χ1n) is 8.96. The fourth-order valence-corrected chi connectivity index (χ4v) is 4.01. The molecule has 0 bridgehead atoms. The van der Waals surface area contributed by atoms with Crippen LogP contribution >= 0.6 is 11.3 Å². The molecule has 4 heterocycles. The number of pyridine rings is 1. The van der Waals surface area contributed by atoms with Crippen LogP contribution in [-0.4, -0.2) is 30.3 Å². The van der Waals surface area contributed by atoms with Crippen molar-refractivity contribution in [3.05, 3.63) is 78.1 Å². The number of thiazole rings is 1. The first-order valence-corrected chi connectivity index (χ1v) is 9.77. The van der Waals surface area contributed by atoms with Gasteiger partial charge in [-0.25, -0.2) is 24.7 Å². The summed E-state index contributed by atoms with van der Waals surface area (Å²) in [7, 11) is 0. The number of carbonyl (C=O) groups excluding carboxylic acids is 1. The van der Waals surface area contributed by atoms with Crippen molar-refractivity contribution < 1.29 is 9.53 Å². The average molecular weight is 401 g/mol. The summed E-state index contributed by atoms with van der Waals surface area (Å²) >= 11 is 1.46. The van der Waals surface area contributed by atoms with E-state index in [0.29, 0.717) is 16.4 Å². The molecule has 0 aliphatic heterocycles. The van der Waals surface area contributed by atoms with Crippen LogP contribution in [0.3, 0.4) is 0 Å². The number of esters is 1. The van der Waals surface area contributed by atoms with E-state index in [4.69, 9.17) is 4.74 Å². The Morgan fingerprint density at radius 3 is 2.83 bits per heavy atom. The Balaban J connectivity index is 1.41. The van der Waals surface area contributed by atoms with Crippen molar-refractivity contribution in [2.45, 2.75) is 13.5 Å². The van der Waals surface area contributed by atoms with Gasteiger partial charge in [0, 0.05) is 24.8 Å². The number of imidazole rings is 1. The van der Waals surface area contributed by atoms with Gasteiger partial charge in [0.05, 0.1) is 15.9 Å². The van der Waals surface area contributed by atoms with Gasteiger partial charge in [-0.15, -0.1) is 11.3 Å². The van der Waals surface area contributed by atoms with Crippen molar-refractivity contribution in [1.29, 1.82) is 0 Å². The fraction of sp³-hybridized carbons (Fsp3) is 0.0952. The van der Waals surface area contributed by atoms with Gasteiger partial charge < -0.3 is 9.14 Å². The summed E-state index contributed by atoms with van der Waals surface area (Å²) in [6.45, 7) is 2.06. The number of aryl methyl sites for hydroxylation is 1. The van der Waals surface area contributed by atoms with E-state index in [9.17, 15) is 4.79 Å². The molecule has 0 amide bonds. The Morgan fingerprint density at radius 1 is 1.07 bits per heavy atom. The average Bonchev–Trinajstić information content (AvgIpc) is 3.35. The van der Waals surface area contributed by atoms with Gasteiger partial charge in [-0.3, -0.25) is 0 Å². The molecule has 0 atom stereocenters. The molecule has 0 radical (unpaired) electrons. The molecule has 0 saturated heterocycles. The fourth-order valence-electron chi connectivity index (χ4n) is 3.05. The number of aromatic nitrogens is 5. The number of fused-ring (bicyclic) bond motifs is 2. The molecular weight excluding hydrogens is 386 g/mol. The highest BCUT2D eigenvalue weighted by Gasteiger charge is 2.20. The highest BCUT2D eigenvalue weighted by molar-refractivity contribution is 7.21. The van der Waals surface area contributed by atoms with Crippen LogP contribution < -0.4 is 0 Å². The largest absolute Gasteiger partial charge is 0.454 e. The lowest BCUT2D eigenvalue weighted by Crippen LogP contribution is -2.10. The minimum absolute atomic E-state index is 0.0510. The zero-order valence-electron chi connectivity index (χ0n) is 15.4. The minimum atomic E-state index is -0.555. The third-order valence-electron chi connectivity index (χ3n) is 4.39. The van der Waals surface area contributed by atoms with Gasteiger partial charge in [0.15, 0.2) is 5.69 Å². The van der Waals surface area contributed by atoms with Gasteiger partial charge in [-0.05, 0) is 30.7 Å². The van der Waals surface area contributed by atoms with E-state index in [0.717, 1.165) is 21.4 Å². The zero-order valence-corrected chi connectivity index (χ0v) is 16.3. The zero-order chi connectivity index (χ0) is 19.8. The molecule has 0 aliphatic rings. The molecule has 0 fully saturated rings. The van der Waals surface area contributed by atoms with Gasteiger partial charge in [-0.2, -0.15) is 0 Å². The second-order valence-corrected chi connectivity index (χ2v) is 7.55. The first-order chi connectivity index (χ1) is 14.2. The maximum atomic E-state index is 12.7. The smallest absolute Gasteiger partial charge is 0.359 e. The third-order valence-corrected chi connectivity index (χ3v) is 5.43. The predicted octanol–water partition coefficient (Wildman–Crippen LogP) is 4.07. The lowest BCUT2D eigenvalue weighted by Gasteiger charge is -2.05. The van der Waals surface area contributed by atoms with Gasteiger partial charge in [0.25, 0.3) is 0 Å². The number of rotatable bonds is 4. The van der Waals surface area contributed by atoms with Crippen molar-refractivity contribution in [2.75, 3.05) is 0 Å². The number of ether oxygens (including phenoxy) is 1.